The molecule has 0 fully saturated rings. The zero-order chi connectivity index (χ0) is 22.3. The van der Waals surface area contributed by atoms with Gasteiger partial charge in [-0.3, -0.25) is 4.79 Å². The van der Waals surface area contributed by atoms with Gasteiger partial charge < -0.3 is 9.84 Å². The van der Waals surface area contributed by atoms with Crippen molar-refractivity contribution in [3.05, 3.63) is 47.0 Å². The highest BCUT2D eigenvalue weighted by Gasteiger charge is 2.31. The number of hydrogen-bond donors (Lipinski definition) is 1. The third kappa shape index (κ3) is 4.24. The molecular weight excluding hydrogens is 399 g/mol. The van der Waals surface area contributed by atoms with Crippen LogP contribution in [0.25, 0.3) is 16.7 Å². The summed E-state index contributed by atoms with van der Waals surface area (Å²) in [5, 5.41) is 19.1. The van der Waals surface area contributed by atoms with Crippen molar-refractivity contribution in [2.24, 2.45) is 0 Å². The number of phenols is 1. The van der Waals surface area contributed by atoms with Crippen LogP contribution < -0.4 is 0 Å². The third-order valence-electron chi connectivity index (χ3n) is 4.73. The number of aryl methyl sites for hydroxylation is 1. The monoisotopic (exact) mass is 421 g/mol. The molecule has 0 aliphatic carbocycles. The Morgan fingerprint density at radius 2 is 1.77 bits per heavy atom. The topological polar surface area (TPSA) is 77.2 Å². The van der Waals surface area contributed by atoms with Crippen LogP contribution in [0.3, 0.4) is 0 Å². The van der Waals surface area contributed by atoms with E-state index in [1.165, 1.54) is 19.2 Å². The maximum Gasteiger partial charge on any atom is 0.416 e. The van der Waals surface area contributed by atoms with E-state index in [0.29, 0.717) is 12.0 Å². The van der Waals surface area contributed by atoms with Crippen molar-refractivity contribution in [2.75, 3.05) is 7.11 Å². The van der Waals surface area contributed by atoms with E-state index < -0.39 is 17.2 Å². The molecule has 1 heterocycles. The van der Waals surface area contributed by atoms with Crippen molar-refractivity contribution in [1.29, 1.82) is 0 Å². The Hall–Kier alpha value is -3.10. The summed E-state index contributed by atoms with van der Waals surface area (Å²) in [6.45, 7) is 5.79. The zero-order valence-electron chi connectivity index (χ0n) is 17.0. The fourth-order valence-electron chi connectivity index (χ4n) is 3.40. The zero-order valence-corrected chi connectivity index (χ0v) is 17.0. The van der Waals surface area contributed by atoms with Crippen LogP contribution in [0, 0.1) is 0 Å². The lowest BCUT2D eigenvalue weighted by atomic mass is 9.81. The lowest BCUT2D eigenvalue weighted by molar-refractivity contribution is -0.140. The summed E-state index contributed by atoms with van der Waals surface area (Å²) in [4.78, 5) is 12.8. The molecule has 0 spiro atoms. The average molecular weight is 421 g/mol. The number of aromatic hydroxyl groups is 1. The van der Waals surface area contributed by atoms with Gasteiger partial charge in [-0.05, 0) is 47.2 Å². The molecule has 0 radical (unpaired) electrons. The molecular formula is C21H22F3N3O3. The van der Waals surface area contributed by atoms with Gasteiger partial charge in [-0.1, -0.05) is 26.8 Å². The van der Waals surface area contributed by atoms with Crippen LogP contribution in [0.2, 0.25) is 0 Å². The van der Waals surface area contributed by atoms with Crippen molar-refractivity contribution >= 4 is 17.0 Å². The molecule has 0 saturated carbocycles. The Bertz CT molecular complexity index is 1100. The standard InChI is InChI=1S/C21H22F3N3O3/c1-20(2,3)18-12(6-10-17(29)30-4)5-9-16(28)19(18)27-25-14-8-7-13(21(22,23)24)11-15(14)26-27/h5,7-9,11,28H,6,10H2,1-4H3. The van der Waals surface area contributed by atoms with E-state index in [-0.39, 0.29) is 34.9 Å². The Morgan fingerprint density at radius 1 is 1.10 bits per heavy atom. The average Bonchev–Trinajstić information content (AvgIpc) is 3.07. The number of esters is 1. The Balaban J connectivity index is 2.18. The molecule has 3 aromatic rings. The molecule has 0 unspecified atom stereocenters. The van der Waals surface area contributed by atoms with E-state index in [1.807, 2.05) is 20.8 Å². The van der Waals surface area contributed by atoms with Gasteiger partial charge in [0.2, 0.25) is 0 Å². The fraction of sp³-hybridized carbons (Fsp3) is 0.381. The van der Waals surface area contributed by atoms with Gasteiger partial charge >= 0.3 is 12.1 Å². The number of alkyl halides is 3. The molecule has 0 saturated heterocycles. The summed E-state index contributed by atoms with van der Waals surface area (Å²) >= 11 is 0. The first-order valence-corrected chi connectivity index (χ1v) is 9.28. The molecule has 9 heteroatoms. The predicted octanol–water partition coefficient (Wildman–Crippen LogP) is 4.55. The van der Waals surface area contributed by atoms with Crippen molar-refractivity contribution in [1.82, 2.24) is 15.0 Å². The van der Waals surface area contributed by atoms with Gasteiger partial charge in [0.25, 0.3) is 0 Å². The van der Waals surface area contributed by atoms with Crippen molar-refractivity contribution in [3.63, 3.8) is 0 Å². The smallest absolute Gasteiger partial charge is 0.416 e. The minimum atomic E-state index is -4.50. The van der Waals surface area contributed by atoms with Gasteiger partial charge in [0.1, 0.15) is 22.5 Å². The van der Waals surface area contributed by atoms with E-state index in [0.717, 1.165) is 22.5 Å². The summed E-state index contributed by atoms with van der Waals surface area (Å²) in [6, 6.07) is 6.29. The highest BCUT2D eigenvalue weighted by Crippen LogP contribution is 2.38. The summed E-state index contributed by atoms with van der Waals surface area (Å²) in [5.74, 6) is -0.481. The first kappa shape index (κ1) is 21.6. The minimum Gasteiger partial charge on any atom is -0.506 e. The first-order chi connectivity index (χ1) is 13.9. The van der Waals surface area contributed by atoms with Crippen LogP contribution in [-0.2, 0) is 27.5 Å². The highest BCUT2D eigenvalue weighted by atomic mass is 19.4. The van der Waals surface area contributed by atoms with Gasteiger partial charge in [-0.15, -0.1) is 15.0 Å². The second-order valence-corrected chi connectivity index (χ2v) is 7.98. The van der Waals surface area contributed by atoms with Gasteiger partial charge in [-0.2, -0.15) is 13.2 Å². The van der Waals surface area contributed by atoms with E-state index in [4.69, 9.17) is 4.74 Å². The van der Waals surface area contributed by atoms with Crippen LogP contribution in [0.15, 0.2) is 30.3 Å². The van der Waals surface area contributed by atoms with Gasteiger partial charge in [-0.25, -0.2) is 0 Å². The van der Waals surface area contributed by atoms with Crippen molar-refractivity contribution in [2.45, 2.75) is 45.2 Å². The molecule has 1 aromatic heterocycles. The molecule has 0 atom stereocenters. The molecule has 160 valence electrons. The number of aromatic nitrogens is 3. The van der Waals surface area contributed by atoms with Gasteiger partial charge in [0.15, 0.2) is 0 Å². The quantitative estimate of drug-likeness (QED) is 0.626. The number of nitrogens with zero attached hydrogens (tertiary/aromatic N) is 3. The lowest BCUT2D eigenvalue weighted by Crippen LogP contribution is -2.20. The van der Waals surface area contributed by atoms with Crippen molar-refractivity contribution < 1.29 is 27.8 Å². The number of fused-ring (bicyclic) bond motifs is 1. The summed E-state index contributed by atoms with van der Waals surface area (Å²) in [5.41, 5.74) is 0.784. The van der Waals surface area contributed by atoms with E-state index in [9.17, 15) is 23.1 Å². The second kappa shape index (κ2) is 7.62. The highest BCUT2D eigenvalue weighted by molar-refractivity contribution is 5.75. The largest absolute Gasteiger partial charge is 0.506 e. The number of methoxy groups -OCH3 is 1. The number of benzene rings is 2. The van der Waals surface area contributed by atoms with Crippen LogP contribution in [-0.4, -0.2) is 33.2 Å². The second-order valence-electron chi connectivity index (χ2n) is 7.98. The summed E-state index contributed by atoms with van der Waals surface area (Å²) in [6.07, 6.45) is -3.98. The number of rotatable bonds is 4. The summed E-state index contributed by atoms with van der Waals surface area (Å²) < 4.78 is 43.8. The van der Waals surface area contributed by atoms with Crippen LogP contribution in [0.4, 0.5) is 13.2 Å². The minimum absolute atomic E-state index is 0.0593. The predicted molar refractivity (Wildman–Crippen MR) is 105 cm³/mol. The molecule has 3 rings (SSSR count). The number of ether oxygens (including phenoxy) is 1. The van der Waals surface area contributed by atoms with Gasteiger partial charge in [0, 0.05) is 6.42 Å². The van der Waals surface area contributed by atoms with Crippen molar-refractivity contribution in [3.8, 4) is 11.4 Å². The number of phenolic OH excluding ortho intramolecular Hbond substituents is 1. The Labute approximate surface area is 171 Å². The molecule has 6 nitrogen and oxygen atoms in total. The fourth-order valence-corrected chi connectivity index (χ4v) is 3.40. The van der Waals surface area contributed by atoms with Gasteiger partial charge in [0.05, 0.1) is 12.7 Å². The molecule has 2 aromatic carbocycles. The maximum atomic E-state index is 13.0. The van der Waals surface area contributed by atoms with Crippen LogP contribution in [0.5, 0.6) is 5.75 Å². The van der Waals surface area contributed by atoms with Crippen LogP contribution in [0.1, 0.15) is 43.9 Å². The molecule has 1 N–H and O–H groups in total. The van der Waals surface area contributed by atoms with E-state index >= 15 is 0 Å². The Kier molecular flexibility index (Phi) is 5.49. The number of carbonyl (C=O) groups excluding carboxylic acids is 1. The molecule has 30 heavy (non-hydrogen) atoms. The molecule has 0 bridgehead atoms. The maximum absolute atomic E-state index is 13.0. The normalized spacial score (nSPS) is 12.4. The lowest BCUT2D eigenvalue weighted by Gasteiger charge is -2.26. The SMILES string of the molecule is COC(=O)CCc1ccc(O)c(-n2nc3ccc(C(F)(F)F)cc3n2)c1C(C)(C)C. The molecule has 0 aliphatic heterocycles. The number of hydrogen-bond acceptors (Lipinski definition) is 5. The van der Waals surface area contributed by atoms with Crippen LogP contribution >= 0.6 is 0 Å². The molecule has 0 aliphatic rings. The third-order valence-corrected chi connectivity index (χ3v) is 4.73. The molecule has 0 amide bonds. The number of carbonyl (C=O) groups is 1. The summed E-state index contributed by atoms with van der Waals surface area (Å²) in [7, 11) is 1.31. The van der Waals surface area contributed by atoms with E-state index in [2.05, 4.69) is 10.2 Å². The van der Waals surface area contributed by atoms with E-state index in [1.54, 1.807) is 6.07 Å². The first-order valence-electron chi connectivity index (χ1n) is 9.28. The Morgan fingerprint density at radius 3 is 2.37 bits per heavy atom. The number of halogens is 3.